The minimum Gasteiger partial charge on any atom is -0.201 e. The molecule has 726 valence electrons. The summed E-state index contributed by atoms with van der Waals surface area (Å²) in [4.78, 5) is 0. The van der Waals surface area contributed by atoms with E-state index in [1.807, 2.05) is 0 Å². The molecule has 19 aromatic rings. The SMILES string of the molecule is CC#N.CC#N.F[P-](F)(F)(F)(F)F.F[P-](F)(F)(F)(F)F.F[P-](F)(F)(F)(F)F.F[P-](F)(F)(F)(F)F.c1cc2ccc1C[n+]1ccc(cc1)-c1ccc(cc1)-c1ccc(cc1)-c1cc[n+](cc1)Cc1ccc(cc1)C[n+]1ccc(cc1)-c1ccc(cc1)-c1ccc(cc1)-c1cc[n+](cc1)C2.c1ccc2cc3ccccc3cc2c1.c1ccc2cc3ccccc3cc2c1.c1ccc2cc3ccccc3cc2c1. The molecule has 0 saturated heterocycles. The predicted molar refractivity (Wildman–Crippen MR) is 517 cm³/mol. The van der Waals surface area contributed by atoms with E-state index in [1.54, 1.807) is 12.1 Å². The van der Waals surface area contributed by atoms with Crippen LogP contribution in [0.5, 0.6) is 0 Å². The van der Waals surface area contributed by atoms with E-state index >= 15 is 0 Å². The summed E-state index contributed by atoms with van der Waals surface area (Å²) in [6.07, 6.45) is 17.4. The molecule has 0 unspecified atom stereocenters. The molecule has 34 heteroatoms. The average Bonchev–Trinajstić information content (AvgIpc) is 0.774. The molecule has 32 heterocycles. The van der Waals surface area contributed by atoms with Crippen LogP contribution in [-0.4, -0.2) is 0 Å². The van der Waals surface area contributed by atoms with Gasteiger partial charge < -0.3 is 0 Å². The Balaban J connectivity index is 0.000000196. The van der Waals surface area contributed by atoms with E-state index in [9.17, 15) is 101 Å². The average molecular weight is 2020 g/mol. The van der Waals surface area contributed by atoms with Crippen LogP contribution in [0.15, 0.2) is 426 Å². The number of hydrogen-bond acceptors (Lipinski definition) is 2. The second kappa shape index (κ2) is 40.1. The Kier molecular flexibility index (Phi) is 30.4. The van der Waals surface area contributed by atoms with E-state index < -0.39 is 31.2 Å². The van der Waals surface area contributed by atoms with Crippen molar-refractivity contribution in [3.8, 4) is 78.9 Å². The maximum Gasteiger partial charge on any atom is 0.173 e. The van der Waals surface area contributed by atoms with E-state index in [4.69, 9.17) is 10.5 Å². The number of benzene rings is 15. The van der Waals surface area contributed by atoms with Crippen molar-refractivity contribution in [3.63, 3.8) is 0 Å². The van der Waals surface area contributed by atoms with Gasteiger partial charge in [0.25, 0.3) is 0 Å². The number of fused-ring (bicyclic) bond motifs is 6. The summed E-state index contributed by atoms with van der Waals surface area (Å²) < 4.78 is 246. The van der Waals surface area contributed by atoms with Crippen molar-refractivity contribution in [2.75, 3.05) is 0 Å². The third-order valence-electron chi connectivity index (χ3n) is 20.5. The second-order valence-corrected chi connectivity index (χ2v) is 39.6. The van der Waals surface area contributed by atoms with Gasteiger partial charge in [0.1, 0.15) is 0 Å². The Labute approximate surface area is 788 Å². The van der Waals surface area contributed by atoms with Gasteiger partial charge in [-0.1, -0.05) is 291 Å². The number of pyridine rings is 4. The van der Waals surface area contributed by atoms with Crippen LogP contribution in [0.3, 0.4) is 0 Å². The maximum absolute atomic E-state index is 10.7. The van der Waals surface area contributed by atoms with E-state index in [2.05, 4.69) is 444 Å². The third-order valence-corrected chi connectivity index (χ3v) is 20.5. The maximum atomic E-state index is 9.87. The topological polar surface area (TPSA) is 63.1 Å². The molecular weight excluding hydrogens is 1940 g/mol. The summed E-state index contributed by atoms with van der Waals surface area (Å²) in [6, 6.07) is 139. The molecule has 28 aliphatic heterocycles. The number of aromatic nitrogens is 4. The largest absolute Gasteiger partial charge is 0.201 e. The number of nitrogens with zero attached hydrogens (tertiary/aromatic N) is 6. The third kappa shape index (κ3) is 39.9. The van der Waals surface area contributed by atoms with Crippen molar-refractivity contribution in [3.05, 3.63) is 448 Å². The van der Waals surface area contributed by atoms with Crippen LogP contribution in [-0.2, 0) is 26.2 Å². The molecule has 0 spiro atoms. The summed E-state index contributed by atoms with van der Waals surface area (Å²) in [5.41, 5.74) is 19.7. The zero-order valence-electron chi connectivity index (χ0n) is 73.8. The fourth-order valence-electron chi connectivity index (χ4n) is 14.4. The Bertz CT molecular complexity index is 6400. The fourth-order valence-corrected chi connectivity index (χ4v) is 14.4. The molecule has 0 radical (unpaired) electrons. The number of halogens is 24. The smallest absolute Gasteiger partial charge is 0.173 e. The van der Waals surface area contributed by atoms with Gasteiger partial charge in [-0.2, -0.15) is 10.5 Å². The van der Waals surface area contributed by atoms with E-state index in [0.717, 1.165) is 26.2 Å². The molecule has 0 N–H and O–H groups in total. The van der Waals surface area contributed by atoms with Crippen LogP contribution in [0.4, 0.5) is 101 Å². The van der Waals surface area contributed by atoms with E-state index in [1.165, 1.54) is 167 Å². The van der Waals surface area contributed by atoms with Crippen molar-refractivity contribution < 1.29 is 119 Å². The van der Waals surface area contributed by atoms with Crippen LogP contribution >= 0.6 is 31.2 Å². The Morgan fingerprint density at radius 1 is 0.164 bits per heavy atom. The van der Waals surface area contributed by atoms with Crippen molar-refractivity contribution >= 4 is 95.9 Å². The van der Waals surface area contributed by atoms with Crippen molar-refractivity contribution in [1.29, 1.82) is 10.5 Å². The standard InChI is InChI=1S/C60H48N4.3C14H10.2C2H3N.4F6P/c1-2-46-4-3-45(1)41-61-33-25-57(26-34-61)53-17-9-49(10-18-53)51-13-21-55(22-14-51)59-29-37-63(38-30-59)43-47-5-7-48(8-6-47)44-64-39-31-60(32-40-64)56-23-15-52(16-24-56)50-11-19-54(20-12-50)58-27-35-62(42-46)36-28-58;3*1-2-6-12-10-14-8-4-3-7-13(14)9-11(12)5-1;2*1-2-3;4*1-7(2,3,4,5)6/h1-40H,41-44H2;3*1-10H;2*1H3;;;;/q+4;;;;;;4*-1. The monoisotopic (exact) mass is 2020 g/mol. The van der Waals surface area contributed by atoms with Gasteiger partial charge in [0.15, 0.2) is 75.8 Å². The molecule has 47 rings (SSSR count). The molecule has 0 fully saturated rings. The Hall–Kier alpha value is -14.5. The van der Waals surface area contributed by atoms with Crippen LogP contribution in [0.25, 0.3) is 131 Å². The van der Waals surface area contributed by atoms with Gasteiger partial charge in [-0.05, 0) is 168 Å². The molecule has 4 aromatic heterocycles. The molecule has 6 nitrogen and oxygen atoms in total. The predicted octanol–water partition coefficient (Wildman–Crippen LogP) is 37.9. The number of hydrogen-bond donors (Lipinski definition) is 0. The first kappa shape index (κ1) is 106. The molecule has 0 atom stereocenters. The molecule has 0 saturated carbocycles. The molecular formula is C106H84F24N6P4. The number of rotatable bonds is 0. The normalized spacial score (nSPS) is 13.5. The molecule has 28 aliphatic rings. The van der Waals surface area contributed by atoms with Gasteiger partial charge >= 0.3 is 132 Å². The Morgan fingerprint density at radius 3 is 0.343 bits per heavy atom. The van der Waals surface area contributed by atoms with Crippen LogP contribution in [0.2, 0.25) is 0 Å². The van der Waals surface area contributed by atoms with Crippen LogP contribution in [0, 0.1) is 22.7 Å². The van der Waals surface area contributed by atoms with Crippen LogP contribution < -0.4 is 18.3 Å². The summed E-state index contributed by atoms with van der Waals surface area (Å²) in [5.74, 6) is 0. The van der Waals surface area contributed by atoms with Crippen molar-refractivity contribution in [1.82, 2.24) is 0 Å². The summed E-state index contributed by atoms with van der Waals surface area (Å²) in [7, 11) is -42.6. The minimum absolute atomic E-state index is 0.826. The quantitative estimate of drug-likeness (QED) is 0.0657. The molecule has 0 amide bonds. The number of nitriles is 2. The summed E-state index contributed by atoms with van der Waals surface area (Å²) in [6.45, 7) is 6.16. The van der Waals surface area contributed by atoms with Crippen molar-refractivity contribution in [2.45, 2.75) is 40.0 Å². The first-order valence-corrected chi connectivity index (χ1v) is 50.2. The fraction of sp³-hybridized carbons (Fsp3) is 0.0566. The first-order valence-electron chi connectivity index (χ1n) is 42.1. The molecule has 0 aliphatic carbocycles. The van der Waals surface area contributed by atoms with Crippen LogP contribution in [0.1, 0.15) is 36.1 Å². The van der Waals surface area contributed by atoms with Crippen molar-refractivity contribution in [2.24, 2.45) is 0 Å². The van der Waals surface area contributed by atoms with E-state index in [0.29, 0.717) is 0 Å². The van der Waals surface area contributed by atoms with Gasteiger partial charge in [0.05, 0.1) is 12.1 Å². The zero-order valence-corrected chi connectivity index (χ0v) is 77.4. The first-order chi connectivity index (χ1) is 65.0. The van der Waals surface area contributed by atoms with Gasteiger partial charge in [-0.25, -0.2) is 18.3 Å². The molecule has 15 aromatic carbocycles. The van der Waals surface area contributed by atoms with E-state index in [-0.39, 0.29) is 0 Å². The summed E-state index contributed by atoms with van der Waals surface area (Å²) >= 11 is 0. The summed E-state index contributed by atoms with van der Waals surface area (Å²) in [5, 5.41) is 30.4. The van der Waals surface area contributed by atoms with Gasteiger partial charge in [-0.15, -0.1) is 0 Å². The van der Waals surface area contributed by atoms with Gasteiger partial charge in [-0.3, -0.25) is 0 Å². The molecule has 140 heavy (non-hydrogen) atoms. The van der Waals surface area contributed by atoms with Gasteiger partial charge in [0.2, 0.25) is 0 Å². The minimum atomic E-state index is -10.7. The van der Waals surface area contributed by atoms with Gasteiger partial charge in [0, 0.05) is 84.6 Å². The Morgan fingerprint density at radius 2 is 0.250 bits per heavy atom. The molecule has 20 bridgehead atoms. The zero-order chi connectivity index (χ0) is 102. The second-order valence-electron chi connectivity index (χ2n) is 31.9.